The van der Waals surface area contributed by atoms with Crippen LogP contribution in [0.15, 0.2) is 60.2 Å². The molecular formula is C18H16S. The highest BCUT2D eigenvalue weighted by atomic mass is 32.2. The molecule has 1 heteroatoms. The van der Waals surface area contributed by atoms with Crippen molar-refractivity contribution in [2.24, 2.45) is 0 Å². The lowest BCUT2D eigenvalue weighted by Crippen LogP contribution is -2.24. The summed E-state index contributed by atoms with van der Waals surface area (Å²) in [5, 5.41) is 0. The highest BCUT2D eigenvalue weighted by Crippen LogP contribution is 2.58. The summed E-state index contributed by atoms with van der Waals surface area (Å²) in [4.78, 5) is 0. The van der Waals surface area contributed by atoms with E-state index in [1.54, 1.807) is 0 Å². The molecule has 0 saturated carbocycles. The zero-order chi connectivity index (χ0) is 12.9. The Hall–Kier alpha value is -1.47. The van der Waals surface area contributed by atoms with Gasteiger partial charge < -0.3 is 0 Å². The smallest absolute Gasteiger partial charge is 0.0708 e. The van der Waals surface area contributed by atoms with E-state index in [0.29, 0.717) is 0 Å². The van der Waals surface area contributed by atoms with Gasteiger partial charge in [-0.1, -0.05) is 60.2 Å². The average Bonchev–Trinajstić information content (AvgIpc) is 2.71. The van der Waals surface area contributed by atoms with Crippen LogP contribution in [-0.4, -0.2) is 5.75 Å². The van der Waals surface area contributed by atoms with Gasteiger partial charge in [-0.15, -0.1) is 11.8 Å². The largest absolute Gasteiger partial charge is 0.141 e. The Morgan fingerprint density at radius 2 is 1.47 bits per heavy atom. The van der Waals surface area contributed by atoms with Gasteiger partial charge >= 0.3 is 0 Å². The molecule has 0 aromatic heterocycles. The first kappa shape index (κ1) is 11.4. The second kappa shape index (κ2) is 4.01. The van der Waals surface area contributed by atoms with Gasteiger partial charge in [0.15, 0.2) is 0 Å². The molecule has 0 atom stereocenters. The van der Waals surface area contributed by atoms with Gasteiger partial charge in [0.2, 0.25) is 0 Å². The number of allylic oxidation sites excluding steroid dienone is 1. The summed E-state index contributed by atoms with van der Waals surface area (Å²) in [6, 6.07) is 17.9. The van der Waals surface area contributed by atoms with Crippen LogP contribution in [0, 0.1) is 0 Å². The van der Waals surface area contributed by atoms with Crippen LogP contribution in [0.3, 0.4) is 0 Å². The normalized spacial score (nSPS) is 18.9. The second-order valence-electron chi connectivity index (χ2n) is 5.46. The molecular weight excluding hydrogens is 248 g/mol. The van der Waals surface area contributed by atoms with E-state index in [1.807, 2.05) is 0 Å². The minimum atomic E-state index is 0.159. The van der Waals surface area contributed by atoms with Crippen LogP contribution in [0.1, 0.15) is 24.5 Å². The Kier molecular flexibility index (Phi) is 2.40. The maximum absolute atomic E-state index is 2.37. The summed E-state index contributed by atoms with van der Waals surface area (Å²) in [5.74, 6) is 1.12. The van der Waals surface area contributed by atoms with Crippen molar-refractivity contribution in [3.05, 3.63) is 71.3 Å². The van der Waals surface area contributed by atoms with E-state index in [2.05, 4.69) is 73.3 Å². The van der Waals surface area contributed by atoms with Crippen LogP contribution in [0.4, 0.5) is 0 Å². The molecule has 2 aromatic rings. The lowest BCUT2D eigenvalue weighted by molar-refractivity contribution is 0.739. The molecule has 94 valence electrons. The number of benzene rings is 2. The first-order chi connectivity index (χ1) is 9.31. The van der Waals surface area contributed by atoms with Crippen molar-refractivity contribution >= 4 is 11.8 Å². The third-order valence-electron chi connectivity index (χ3n) is 4.30. The standard InChI is InChI=1S/C18H16S/c1-13-10-11-19-18(12-13)16-8-4-2-6-14(16)15-7-3-5-9-17(15)18/h2-10H,11-12H2,1H3. The van der Waals surface area contributed by atoms with Crippen molar-refractivity contribution in [3.63, 3.8) is 0 Å². The highest BCUT2D eigenvalue weighted by Gasteiger charge is 2.44. The van der Waals surface area contributed by atoms with Crippen LogP contribution >= 0.6 is 11.8 Å². The van der Waals surface area contributed by atoms with Crippen molar-refractivity contribution in [1.29, 1.82) is 0 Å². The molecule has 1 aliphatic heterocycles. The zero-order valence-electron chi connectivity index (χ0n) is 11.0. The first-order valence-electron chi connectivity index (χ1n) is 6.80. The summed E-state index contributed by atoms with van der Waals surface area (Å²) in [7, 11) is 0. The van der Waals surface area contributed by atoms with Crippen molar-refractivity contribution in [1.82, 2.24) is 0 Å². The van der Waals surface area contributed by atoms with Crippen LogP contribution in [0.5, 0.6) is 0 Å². The summed E-state index contributed by atoms with van der Waals surface area (Å²) in [5.41, 5.74) is 7.40. The minimum absolute atomic E-state index is 0.159. The van der Waals surface area contributed by atoms with Gasteiger partial charge in [0.1, 0.15) is 0 Å². The molecule has 1 spiro atoms. The fourth-order valence-electron chi connectivity index (χ4n) is 3.47. The van der Waals surface area contributed by atoms with E-state index < -0.39 is 0 Å². The van der Waals surface area contributed by atoms with E-state index >= 15 is 0 Å². The predicted octanol–water partition coefficient (Wildman–Crippen LogP) is 4.99. The average molecular weight is 264 g/mol. The summed E-state index contributed by atoms with van der Waals surface area (Å²) in [6.45, 7) is 2.27. The molecule has 0 amide bonds. The topological polar surface area (TPSA) is 0 Å². The summed E-state index contributed by atoms with van der Waals surface area (Å²) < 4.78 is 0.159. The maximum Gasteiger partial charge on any atom is 0.0708 e. The molecule has 0 fully saturated rings. The van der Waals surface area contributed by atoms with Crippen LogP contribution < -0.4 is 0 Å². The SMILES string of the molecule is CC1=CCSC2(C1)c1ccccc1-c1ccccc12. The van der Waals surface area contributed by atoms with E-state index in [4.69, 9.17) is 0 Å². The third-order valence-corrected chi connectivity index (χ3v) is 5.71. The number of thioether (sulfide) groups is 1. The molecule has 1 heterocycles. The van der Waals surface area contributed by atoms with Crippen molar-refractivity contribution < 1.29 is 0 Å². The first-order valence-corrected chi connectivity index (χ1v) is 7.79. The van der Waals surface area contributed by atoms with Crippen LogP contribution in [0.2, 0.25) is 0 Å². The number of fused-ring (bicyclic) bond motifs is 5. The highest BCUT2D eigenvalue weighted by molar-refractivity contribution is 8.00. The van der Waals surface area contributed by atoms with Gasteiger partial charge in [0.25, 0.3) is 0 Å². The predicted molar refractivity (Wildman–Crippen MR) is 83.5 cm³/mol. The Morgan fingerprint density at radius 1 is 0.895 bits per heavy atom. The van der Waals surface area contributed by atoms with Gasteiger partial charge in [-0.2, -0.15) is 0 Å². The lowest BCUT2D eigenvalue weighted by atomic mass is 9.89. The minimum Gasteiger partial charge on any atom is -0.141 e. The fourth-order valence-corrected chi connectivity index (χ4v) is 5.12. The monoisotopic (exact) mass is 264 g/mol. The van der Waals surface area contributed by atoms with E-state index in [1.165, 1.54) is 27.8 Å². The fraction of sp³-hybridized carbons (Fsp3) is 0.222. The van der Waals surface area contributed by atoms with Gasteiger partial charge in [0, 0.05) is 5.75 Å². The van der Waals surface area contributed by atoms with Gasteiger partial charge in [-0.3, -0.25) is 0 Å². The molecule has 2 aromatic carbocycles. The van der Waals surface area contributed by atoms with E-state index in [-0.39, 0.29) is 4.75 Å². The molecule has 19 heavy (non-hydrogen) atoms. The van der Waals surface area contributed by atoms with Crippen molar-refractivity contribution in [2.75, 3.05) is 5.75 Å². The van der Waals surface area contributed by atoms with Gasteiger partial charge in [-0.25, -0.2) is 0 Å². The zero-order valence-corrected chi connectivity index (χ0v) is 11.8. The molecule has 0 unspecified atom stereocenters. The number of hydrogen-bond donors (Lipinski definition) is 0. The van der Waals surface area contributed by atoms with Crippen LogP contribution in [-0.2, 0) is 4.75 Å². The lowest BCUT2D eigenvalue weighted by Gasteiger charge is -2.34. The van der Waals surface area contributed by atoms with E-state index in [9.17, 15) is 0 Å². The molecule has 0 bridgehead atoms. The molecule has 0 saturated heterocycles. The number of rotatable bonds is 0. The second-order valence-corrected chi connectivity index (χ2v) is 6.78. The van der Waals surface area contributed by atoms with Crippen LogP contribution in [0.25, 0.3) is 11.1 Å². The van der Waals surface area contributed by atoms with Crippen molar-refractivity contribution in [3.8, 4) is 11.1 Å². The quantitative estimate of drug-likeness (QED) is 0.604. The van der Waals surface area contributed by atoms with Gasteiger partial charge in [0.05, 0.1) is 4.75 Å². The van der Waals surface area contributed by atoms with Crippen molar-refractivity contribution in [2.45, 2.75) is 18.1 Å². The number of hydrogen-bond acceptors (Lipinski definition) is 1. The Morgan fingerprint density at radius 3 is 2.05 bits per heavy atom. The van der Waals surface area contributed by atoms with E-state index in [0.717, 1.165) is 12.2 Å². The Bertz CT molecular complexity index is 636. The molecule has 1 aliphatic carbocycles. The molecule has 4 rings (SSSR count). The Labute approximate surface area is 118 Å². The molecule has 2 aliphatic rings. The molecule has 0 nitrogen and oxygen atoms in total. The summed E-state index contributed by atoms with van der Waals surface area (Å²) >= 11 is 2.09. The Balaban J connectivity index is 2.04. The molecule has 0 radical (unpaired) electrons. The third kappa shape index (κ3) is 1.48. The molecule has 0 N–H and O–H groups in total. The van der Waals surface area contributed by atoms with Gasteiger partial charge in [-0.05, 0) is 35.6 Å². The summed E-state index contributed by atoms with van der Waals surface area (Å²) in [6.07, 6.45) is 3.52. The maximum atomic E-state index is 2.37.